The molecule has 1 N–H and O–H groups in total. The number of carbonyl (C=O) groups excluding carboxylic acids is 1. The molecule has 0 aliphatic carbocycles. The summed E-state index contributed by atoms with van der Waals surface area (Å²) in [6, 6.07) is 12.5. The lowest BCUT2D eigenvalue weighted by Crippen LogP contribution is -2.31. The smallest absolute Gasteiger partial charge is 0.314 e. The van der Waals surface area contributed by atoms with E-state index in [1.807, 2.05) is 12.1 Å². The zero-order chi connectivity index (χ0) is 21.4. The fourth-order valence-electron chi connectivity index (χ4n) is 3.33. The number of nitrogens with zero attached hydrogens (tertiary/aromatic N) is 6. The van der Waals surface area contributed by atoms with Gasteiger partial charge < -0.3 is 9.73 Å². The number of tetrazole rings is 1. The maximum atomic E-state index is 12.6. The second-order valence-corrected chi connectivity index (χ2v) is 6.96. The fourth-order valence-corrected chi connectivity index (χ4v) is 3.33. The highest BCUT2D eigenvalue weighted by Crippen LogP contribution is 2.24. The first kappa shape index (κ1) is 19.0. The summed E-state index contributed by atoms with van der Waals surface area (Å²) < 4.78 is 30.1. The van der Waals surface area contributed by atoms with E-state index in [1.54, 1.807) is 30.3 Å². The predicted molar refractivity (Wildman–Crippen MR) is 103 cm³/mol. The van der Waals surface area contributed by atoms with Crippen LogP contribution in [-0.4, -0.2) is 42.9 Å². The van der Waals surface area contributed by atoms with Crippen molar-refractivity contribution in [1.29, 1.82) is 0 Å². The van der Waals surface area contributed by atoms with E-state index in [-0.39, 0.29) is 11.8 Å². The van der Waals surface area contributed by atoms with Crippen LogP contribution in [0, 0.1) is 0 Å². The molecule has 31 heavy (non-hydrogen) atoms. The minimum absolute atomic E-state index is 0.0273. The van der Waals surface area contributed by atoms with Gasteiger partial charge in [0.15, 0.2) is 0 Å². The molecule has 1 aliphatic rings. The van der Waals surface area contributed by atoms with Crippen molar-refractivity contribution in [1.82, 2.24) is 35.7 Å². The molecule has 0 atom stereocenters. The van der Waals surface area contributed by atoms with Crippen LogP contribution in [0.25, 0.3) is 22.8 Å². The molecule has 5 rings (SSSR count). The number of alkyl halides is 2. The Hall–Kier alpha value is -4.02. The summed E-state index contributed by atoms with van der Waals surface area (Å²) in [6.07, 6.45) is -2.01. The number of nitrogens with one attached hydrogen (secondary N) is 1. The molecule has 3 heterocycles. The molecule has 0 unspecified atom stereocenters. The maximum absolute atomic E-state index is 12.6. The Morgan fingerprint density at radius 3 is 2.65 bits per heavy atom. The van der Waals surface area contributed by atoms with Gasteiger partial charge >= 0.3 is 6.43 Å². The highest BCUT2D eigenvalue weighted by molar-refractivity contribution is 5.97. The minimum atomic E-state index is -2.81. The normalized spacial score (nSPS) is 13.3. The first-order valence-corrected chi connectivity index (χ1v) is 9.47. The Balaban J connectivity index is 1.32. The Kier molecular flexibility index (Phi) is 4.69. The van der Waals surface area contributed by atoms with Crippen LogP contribution < -0.4 is 5.32 Å². The first-order chi connectivity index (χ1) is 15.1. The van der Waals surface area contributed by atoms with Crippen LogP contribution >= 0.6 is 0 Å². The third-order valence-corrected chi connectivity index (χ3v) is 4.90. The van der Waals surface area contributed by atoms with Gasteiger partial charge in [0, 0.05) is 23.2 Å². The second kappa shape index (κ2) is 7.67. The topological polar surface area (TPSA) is 112 Å². The van der Waals surface area contributed by atoms with Crippen molar-refractivity contribution in [2.45, 2.75) is 19.4 Å². The highest BCUT2D eigenvalue weighted by atomic mass is 19.3. The molecule has 11 heteroatoms. The van der Waals surface area contributed by atoms with Crippen molar-refractivity contribution in [2.75, 3.05) is 6.54 Å². The largest absolute Gasteiger partial charge is 0.415 e. The van der Waals surface area contributed by atoms with Crippen LogP contribution in [0.2, 0.25) is 0 Å². The molecular weight excluding hydrogens is 408 g/mol. The average molecular weight is 423 g/mol. The molecule has 0 spiro atoms. The molecule has 1 aliphatic heterocycles. The maximum Gasteiger partial charge on any atom is 0.314 e. The summed E-state index contributed by atoms with van der Waals surface area (Å²) in [5.41, 5.74) is 3.74. The number of fused-ring (bicyclic) bond motifs is 1. The molecule has 156 valence electrons. The SMILES string of the molecule is O=C1NCCc2ccc(-c3nnn(Cc4ccc(-c5nnc(C(F)F)o5)cc4)n3)cc21. The monoisotopic (exact) mass is 423 g/mol. The summed E-state index contributed by atoms with van der Waals surface area (Å²) in [6.45, 7) is 0.989. The van der Waals surface area contributed by atoms with Crippen LogP contribution in [0.15, 0.2) is 46.9 Å². The van der Waals surface area contributed by atoms with Gasteiger partial charge in [0.2, 0.25) is 11.7 Å². The number of carbonyl (C=O) groups is 1. The summed E-state index contributed by atoms with van der Waals surface area (Å²) >= 11 is 0. The molecule has 0 saturated carbocycles. The lowest BCUT2D eigenvalue weighted by atomic mass is 9.98. The summed E-state index contributed by atoms with van der Waals surface area (Å²) in [5.74, 6) is -0.363. The highest BCUT2D eigenvalue weighted by Gasteiger charge is 2.19. The molecule has 0 radical (unpaired) electrons. The van der Waals surface area contributed by atoms with Crippen molar-refractivity contribution in [2.24, 2.45) is 0 Å². The van der Waals surface area contributed by atoms with Crippen molar-refractivity contribution in [3.8, 4) is 22.8 Å². The van der Waals surface area contributed by atoms with E-state index in [4.69, 9.17) is 4.42 Å². The van der Waals surface area contributed by atoms with Gasteiger partial charge in [-0.2, -0.15) is 13.6 Å². The number of halogens is 2. The fraction of sp³-hybridized carbons (Fsp3) is 0.200. The van der Waals surface area contributed by atoms with Crippen LogP contribution in [-0.2, 0) is 13.0 Å². The van der Waals surface area contributed by atoms with E-state index in [2.05, 4.69) is 30.9 Å². The summed E-state index contributed by atoms with van der Waals surface area (Å²) in [4.78, 5) is 13.5. The van der Waals surface area contributed by atoms with Gasteiger partial charge in [-0.1, -0.05) is 24.3 Å². The van der Waals surface area contributed by atoms with Crippen LogP contribution in [0.1, 0.15) is 33.8 Å². The average Bonchev–Trinajstić information content (AvgIpc) is 3.45. The molecule has 0 bridgehead atoms. The molecule has 4 aromatic rings. The van der Waals surface area contributed by atoms with E-state index in [9.17, 15) is 13.6 Å². The number of hydrogen-bond donors (Lipinski definition) is 1. The van der Waals surface area contributed by atoms with E-state index < -0.39 is 12.3 Å². The summed E-state index contributed by atoms with van der Waals surface area (Å²) in [5, 5.41) is 22.3. The quantitative estimate of drug-likeness (QED) is 0.525. The van der Waals surface area contributed by atoms with Crippen LogP contribution in [0.3, 0.4) is 0 Å². The zero-order valence-corrected chi connectivity index (χ0v) is 16.0. The van der Waals surface area contributed by atoms with Gasteiger partial charge in [0.25, 0.3) is 11.8 Å². The standard InChI is InChI=1S/C20H15F2N7O2/c21-16(22)20-26-25-19(31-20)13-3-1-11(2-4-13)10-29-27-17(24-28-29)14-6-5-12-7-8-23-18(30)15(12)9-14/h1-6,9,16H,7-8,10H2,(H,23,30). The minimum Gasteiger partial charge on any atom is -0.415 e. The van der Waals surface area contributed by atoms with Crippen LogP contribution in [0.4, 0.5) is 8.78 Å². The predicted octanol–water partition coefficient (Wildman–Crippen LogP) is 2.66. The van der Waals surface area contributed by atoms with Gasteiger partial charge in [0.1, 0.15) is 0 Å². The third kappa shape index (κ3) is 3.77. The number of aromatic nitrogens is 6. The number of amides is 1. The third-order valence-electron chi connectivity index (χ3n) is 4.90. The Bertz CT molecular complexity index is 1250. The Morgan fingerprint density at radius 1 is 1.06 bits per heavy atom. The van der Waals surface area contributed by atoms with E-state index >= 15 is 0 Å². The molecular formula is C20H15F2N7O2. The molecule has 2 aromatic heterocycles. The molecule has 9 nitrogen and oxygen atoms in total. The lowest BCUT2D eigenvalue weighted by Gasteiger charge is -2.16. The molecule has 0 fully saturated rings. The molecule has 0 saturated heterocycles. The van der Waals surface area contributed by atoms with E-state index in [0.29, 0.717) is 35.6 Å². The number of rotatable bonds is 5. The summed E-state index contributed by atoms with van der Waals surface area (Å²) in [7, 11) is 0. The van der Waals surface area contributed by atoms with Crippen LogP contribution in [0.5, 0.6) is 0 Å². The lowest BCUT2D eigenvalue weighted by molar-refractivity contribution is 0.0946. The van der Waals surface area contributed by atoms with Crippen molar-refractivity contribution in [3.63, 3.8) is 0 Å². The first-order valence-electron chi connectivity index (χ1n) is 9.47. The number of benzene rings is 2. The Morgan fingerprint density at radius 2 is 1.87 bits per heavy atom. The van der Waals surface area contributed by atoms with Gasteiger partial charge in [-0.15, -0.1) is 20.4 Å². The molecule has 1 amide bonds. The van der Waals surface area contributed by atoms with Crippen molar-refractivity contribution >= 4 is 5.91 Å². The van der Waals surface area contributed by atoms with Gasteiger partial charge in [0.05, 0.1) is 6.54 Å². The van der Waals surface area contributed by atoms with E-state index in [0.717, 1.165) is 17.5 Å². The van der Waals surface area contributed by atoms with Crippen molar-refractivity contribution in [3.05, 3.63) is 65.0 Å². The van der Waals surface area contributed by atoms with E-state index in [1.165, 1.54) is 4.80 Å². The zero-order valence-electron chi connectivity index (χ0n) is 16.0. The van der Waals surface area contributed by atoms with Gasteiger partial charge in [-0.3, -0.25) is 4.79 Å². The Labute approximate surface area is 174 Å². The number of hydrogen-bond acceptors (Lipinski definition) is 7. The van der Waals surface area contributed by atoms with Gasteiger partial charge in [-0.25, -0.2) is 0 Å². The second-order valence-electron chi connectivity index (χ2n) is 6.96. The molecule has 2 aromatic carbocycles. The van der Waals surface area contributed by atoms with Crippen molar-refractivity contribution < 1.29 is 18.0 Å². The van der Waals surface area contributed by atoms with Gasteiger partial charge in [-0.05, 0) is 41.0 Å².